The molecule has 6 nitrogen and oxygen atoms in total. The minimum Gasteiger partial charge on any atom is -0.398 e. The molecule has 0 aromatic heterocycles. The number of nitrogens with two attached hydrogens (primary N) is 1. The van der Waals surface area contributed by atoms with Gasteiger partial charge in [-0.05, 0) is 30.5 Å². The van der Waals surface area contributed by atoms with Crippen molar-refractivity contribution in [3.8, 4) is 0 Å². The van der Waals surface area contributed by atoms with Gasteiger partial charge in [0.2, 0.25) is 5.91 Å². The van der Waals surface area contributed by atoms with Gasteiger partial charge in [0.1, 0.15) is 0 Å². The Morgan fingerprint density at radius 2 is 2.05 bits per heavy atom. The normalized spacial score (nSPS) is 17.3. The van der Waals surface area contributed by atoms with Gasteiger partial charge < -0.3 is 16.0 Å². The van der Waals surface area contributed by atoms with E-state index in [4.69, 9.17) is 5.73 Å². The summed E-state index contributed by atoms with van der Waals surface area (Å²) in [5.74, 6) is -0.153. The molecule has 114 valence electrons. The molecule has 0 spiro atoms. The van der Waals surface area contributed by atoms with Gasteiger partial charge in [-0.3, -0.25) is 9.69 Å². The summed E-state index contributed by atoms with van der Waals surface area (Å²) in [7, 11) is 0. The van der Waals surface area contributed by atoms with Crippen LogP contribution >= 0.6 is 12.4 Å². The van der Waals surface area contributed by atoms with E-state index in [0.717, 1.165) is 30.8 Å². The van der Waals surface area contributed by atoms with Crippen molar-refractivity contribution in [1.29, 1.82) is 0 Å². The van der Waals surface area contributed by atoms with Crippen molar-refractivity contribution >= 4 is 35.7 Å². The van der Waals surface area contributed by atoms with E-state index in [1.54, 1.807) is 0 Å². The molecular weight excluding hydrogens is 292 g/mol. The monoisotopic (exact) mass is 310 g/mol. The van der Waals surface area contributed by atoms with Crippen LogP contribution in [-0.4, -0.2) is 43.0 Å². The number of nitrogens with one attached hydrogen (secondary N) is 1. The number of nitrogens with zero attached hydrogens (tertiary/aromatic N) is 2. The number of rotatable bonds is 3. The zero-order valence-electron chi connectivity index (χ0n) is 11.7. The molecule has 2 heterocycles. The summed E-state index contributed by atoms with van der Waals surface area (Å²) in [6.45, 7) is 2.11. The van der Waals surface area contributed by atoms with Gasteiger partial charge in [-0.2, -0.15) is 0 Å². The maximum Gasteiger partial charge on any atom is 0.324 e. The van der Waals surface area contributed by atoms with Crippen LogP contribution in [0.2, 0.25) is 0 Å². The third-order valence-electron chi connectivity index (χ3n) is 3.91. The maximum atomic E-state index is 11.6. The first-order valence-electron chi connectivity index (χ1n) is 6.87. The van der Waals surface area contributed by atoms with Crippen LogP contribution in [-0.2, 0) is 11.2 Å². The van der Waals surface area contributed by atoms with Crippen molar-refractivity contribution in [2.24, 2.45) is 0 Å². The molecule has 3 N–H and O–H groups in total. The van der Waals surface area contributed by atoms with Crippen LogP contribution in [0.25, 0.3) is 0 Å². The summed E-state index contributed by atoms with van der Waals surface area (Å²) in [5, 5.41) is 2.53. The Kier molecular flexibility index (Phi) is 4.57. The lowest BCUT2D eigenvalue weighted by Gasteiger charge is -2.32. The number of nitrogen functional groups attached to an aromatic ring is 1. The predicted molar refractivity (Wildman–Crippen MR) is 83.7 cm³/mol. The summed E-state index contributed by atoms with van der Waals surface area (Å²) >= 11 is 0. The number of amides is 3. The third kappa shape index (κ3) is 2.90. The summed E-state index contributed by atoms with van der Waals surface area (Å²) in [4.78, 5) is 26.6. The van der Waals surface area contributed by atoms with Crippen molar-refractivity contribution in [3.63, 3.8) is 0 Å². The average Bonchev–Trinajstić information content (AvgIpc) is 2.76. The maximum absolute atomic E-state index is 11.6. The van der Waals surface area contributed by atoms with Crippen LogP contribution in [0.5, 0.6) is 0 Å². The molecule has 2 aliphatic heterocycles. The molecule has 1 aromatic rings. The second-order valence-electron chi connectivity index (χ2n) is 5.14. The number of carbonyl (C=O) groups excluding carboxylic acids is 2. The third-order valence-corrected chi connectivity index (χ3v) is 3.91. The summed E-state index contributed by atoms with van der Waals surface area (Å²) in [6.07, 6.45) is 2.03. The number of hydrogen-bond donors (Lipinski definition) is 2. The number of hydrogen-bond acceptors (Lipinski definition) is 4. The SMILES string of the molecule is Cl.Nc1cccc2c1CCCN2CCN1C(=O)CNC1=O. The largest absolute Gasteiger partial charge is 0.398 e. The molecule has 1 aromatic carbocycles. The first-order chi connectivity index (χ1) is 9.66. The van der Waals surface area contributed by atoms with Crippen molar-refractivity contribution in [2.45, 2.75) is 12.8 Å². The van der Waals surface area contributed by atoms with E-state index in [1.165, 1.54) is 10.5 Å². The standard InChI is InChI=1S/C14H18N4O2.ClH/c15-11-4-1-5-12-10(11)3-2-6-17(12)7-8-18-13(19)9-16-14(18)20;/h1,4-5H,2-3,6-9,15H2,(H,16,20);1H. The lowest BCUT2D eigenvalue weighted by atomic mass is 10.00. The first kappa shape index (κ1) is 15.4. The van der Waals surface area contributed by atoms with E-state index in [9.17, 15) is 9.59 Å². The number of halogens is 1. The molecule has 0 saturated carbocycles. The molecular formula is C14H19ClN4O2. The number of carbonyl (C=O) groups is 2. The molecule has 0 aliphatic carbocycles. The fraction of sp³-hybridized carbons (Fsp3) is 0.429. The molecule has 3 amide bonds. The summed E-state index contributed by atoms with van der Waals surface area (Å²) in [5.41, 5.74) is 9.14. The second kappa shape index (κ2) is 6.22. The van der Waals surface area contributed by atoms with Crippen LogP contribution in [0.3, 0.4) is 0 Å². The molecule has 1 fully saturated rings. The Balaban J connectivity index is 0.00000161. The Bertz CT molecular complexity index is 548. The first-order valence-corrected chi connectivity index (χ1v) is 6.87. The van der Waals surface area contributed by atoms with Gasteiger partial charge >= 0.3 is 6.03 Å². The number of imide groups is 1. The highest BCUT2D eigenvalue weighted by Crippen LogP contribution is 2.30. The van der Waals surface area contributed by atoms with Gasteiger partial charge in [-0.15, -0.1) is 12.4 Å². The van der Waals surface area contributed by atoms with Crippen LogP contribution < -0.4 is 16.0 Å². The predicted octanol–water partition coefficient (Wildman–Crippen LogP) is 0.995. The van der Waals surface area contributed by atoms with Gasteiger partial charge in [-0.25, -0.2) is 4.79 Å². The fourth-order valence-corrected chi connectivity index (χ4v) is 2.86. The van der Waals surface area contributed by atoms with E-state index in [0.29, 0.717) is 13.1 Å². The summed E-state index contributed by atoms with van der Waals surface area (Å²) in [6, 6.07) is 5.62. The molecule has 1 saturated heterocycles. The lowest BCUT2D eigenvalue weighted by molar-refractivity contribution is -0.124. The van der Waals surface area contributed by atoms with Crippen LogP contribution in [0.1, 0.15) is 12.0 Å². The van der Waals surface area contributed by atoms with Crippen molar-refractivity contribution in [1.82, 2.24) is 10.2 Å². The zero-order valence-corrected chi connectivity index (χ0v) is 12.5. The highest BCUT2D eigenvalue weighted by atomic mass is 35.5. The van der Waals surface area contributed by atoms with Gasteiger partial charge in [0.15, 0.2) is 0 Å². The Morgan fingerprint density at radius 3 is 2.76 bits per heavy atom. The number of anilines is 2. The van der Waals surface area contributed by atoms with Crippen molar-refractivity contribution < 1.29 is 9.59 Å². The topological polar surface area (TPSA) is 78.7 Å². The van der Waals surface area contributed by atoms with Crippen molar-refractivity contribution in [3.05, 3.63) is 23.8 Å². The molecule has 0 unspecified atom stereocenters. The van der Waals surface area contributed by atoms with Gasteiger partial charge in [0, 0.05) is 31.0 Å². The highest BCUT2D eigenvalue weighted by Gasteiger charge is 2.29. The minimum atomic E-state index is -0.292. The van der Waals surface area contributed by atoms with E-state index in [-0.39, 0.29) is 30.9 Å². The lowest BCUT2D eigenvalue weighted by Crippen LogP contribution is -2.40. The quantitative estimate of drug-likeness (QED) is 0.645. The van der Waals surface area contributed by atoms with E-state index in [1.807, 2.05) is 12.1 Å². The highest BCUT2D eigenvalue weighted by molar-refractivity contribution is 6.01. The average molecular weight is 311 g/mol. The molecule has 3 rings (SSSR count). The zero-order chi connectivity index (χ0) is 14.1. The Hall–Kier alpha value is -1.95. The van der Waals surface area contributed by atoms with Gasteiger partial charge in [0.25, 0.3) is 0 Å². The van der Waals surface area contributed by atoms with E-state index < -0.39 is 0 Å². The van der Waals surface area contributed by atoms with E-state index >= 15 is 0 Å². The Morgan fingerprint density at radius 1 is 1.24 bits per heavy atom. The van der Waals surface area contributed by atoms with Crippen LogP contribution in [0.15, 0.2) is 18.2 Å². The molecule has 0 atom stereocenters. The number of urea groups is 1. The molecule has 0 bridgehead atoms. The summed E-state index contributed by atoms with van der Waals surface area (Å²) < 4.78 is 0. The van der Waals surface area contributed by atoms with Gasteiger partial charge in [-0.1, -0.05) is 6.07 Å². The molecule has 7 heteroatoms. The van der Waals surface area contributed by atoms with E-state index in [2.05, 4.69) is 16.3 Å². The number of fused-ring (bicyclic) bond motifs is 1. The smallest absolute Gasteiger partial charge is 0.324 e. The van der Waals surface area contributed by atoms with Crippen LogP contribution in [0.4, 0.5) is 16.2 Å². The molecule has 21 heavy (non-hydrogen) atoms. The molecule has 2 aliphatic rings. The fourth-order valence-electron chi connectivity index (χ4n) is 2.86. The van der Waals surface area contributed by atoms with Crippen molar-refractivity contribution in [2.75, 3.05) is 36.8 Å². The minimum absolute atomic E-state index is 0. The molecule has 0 radical (unpaired) electrons. The van der Waals surface area contributed by atoms with Crippen LogP contribution in [0, 0.1) is 0 Å². The Labute approximate surface area is 129 Å². The van der Waals surface area contributed by atoms with Gasteiger partial charge in [0.05, 0.1) is 6.54 Å². The second-order valence-corrected chi connectivity index (χ2v) is 5.14. The number of benzene rings is 1.